The van der Waals surface area contributed by atoms with Crippen LogP contribution in [0.25, 0.3) is 0 Å². The minimum Gasteiger partial charge on any atom is -0.271 e. The predicted octanol–water partition coefficient (Wildman–Crippen LogP) is 1.35. The van der Waals surface area contributed by atoms with Crippen LogP contribution in [0.4, 0.5) is 4.39 Å². The number of benzene rings is 1. The molecule has 5 nitrogen and oxygen atoms in total. The van der Waals surface area contributed by atoms with Crippen LogP contribution in [0, 0.1) is 5.82 Å². The fraction of sp³-hybridized carbons (Fsp3) is 0.273. The smallest absolute Gasteiger partial charge is 0.128 e. The summed E-state index contributed by atoms with van der Waals surface area (Å²) < 4.78 is 15.3. The van der Waals surface area contributed by atoms with Crippen LogP contribution in [0.2, 0.25) is 5.02 Å². The van der Waals surface area contributed by atoms with Crippen molar-refractivity contribution in [1.29, 1.82) is 0 Å². The molecule has 1 atom stereocenters. The highest BCUT2D eigenvalue weighted by Gasteiger charge is 2.17. The molecule has 0 radical (unpaired) electrons. The standard InChI is InChI=1S/C11H13ClFN5/c1-18-6-8(16-17-18)5-11(15-14)9-4-7(12)2-3-10(9)13/h2-4,6,11,15H,5,14H2,1H3. The first kappa shape index (κ1) is 12.9. The summed E-state index contributed by atoms with van der Waals surface area (Å²) in [5.74, 6) is 5.11. The van der Waals surface area contributed by atoms with Gasteiger partial charge in [0.1, 0.15) is 5.82 Å². The van der Waals surface area contributed by atoms with Gasteiger partial charge in [0.15, 0.2) is 0 Å². The van der Waals surface area contributed by atoms with Gasteiger partial charge in [-0.25, -0.2) is 4.39 Å². The van der Waals surface area contributed by atoms with Gasteiger partial charge >= 0.3 is 0 Å². The maximum Gasteiger partial charge on any atom is 0.128 e. The zero-order valence-corrected chi connectivity index (χ0v) is 10.5. The molecule has 1 aromatic heterocycles. The van der Waals surface area contributed by atoms with Crippen LogP contribution in [-0.2, 0) is 13.5 Å². The van der Waals surface area contributed by atoms with Crippen LogP contribution < -0.4 is 11.3 Å². The molecule has 2 aromatic rings. The number of aryl methyl sites for hydroxylation is 1. The van der Waals surface area contributed by atoms with Crippen LogP contribution in [0.15, 0.2) is 24.4 Å². The first-order valence-electron chi connectivity index (χ1n) is 5.36. The number of aromatic nitrogens is 3. The van der Waals surface area contributed by atoms with Gasteiger partial charge in [-0.05, 0) is 18.2 Å². The number of nitrogens with one attached hydrogen (secondary N) is 1. The van der Waals surface area contributed by atoms with E-state index >= 15 is 0 Å². The van der Waals surface area contributed by atoms with Crippen molar-refractivity contribution in [3.8, 4) is 0 Å². The number of hydrogen-bond acceptors (Lipinski definition) is 4. The predicted molar refractivity (Wildman–Crippen MR) is 66.2 cm³/mol. The first-order valence-corrected chi connectivity index (χ1v) is 5.74. The van der Waals surface area contributed by atoms with Crippen molar-refractivity contribution in [2.45, 2.75) is 12.5 Å². The van der Waals surface area contributed by atoms with E-state index in [0.717, 1.165) is 5.69 Å². The van der Waals surface area contributed by atoms with Crippen molar-refractivity contribution in [3.63, 3.8) is 0 Å². The molecule has 0 spiro atoms. The lowest BCUT2D eigenvalue weighted by atomic mass is 10.0. The number of hydrazine groups is 1. The molecular weight excluding hydrogens is 257 g/mol. The molecule has 3 N–H and O–H groups in total. The van der Waals surface area contributed by atoms with Crippen LogP contribution >= 0.6 is 11.6 Å². The summed E-state index contributed by atoms with van der Waals surface area (Å²) >= 11 is 5.86. The van der Waals surface area contributed by atoms with Gasteiger partial charge in [0.2, 0.25) is 0 Å². The molecule has 2 rings (SSSR count). The molecule has 0 fully saturated rings. The Labute approximate surface area is 109 Å². The second-order valence-electron chi connectivity index (χ2n) is 3.97. The zero-order valence-electron chi connectivity index (χ0n) is 9.77. The van der Waals surface area contributed by atoms with Crippen molar-refractivity contribution in [2.75, 3.05) is 0 Å². The van der Waals surface area contributed by atoms with E-state index in [9.17, 15) is 4.39 Å². The van der Waals surface area contributed by atoms with Crippen molar-refractivity contribution in [1.82, 2.24) is 20.4 Å². The van der Waals surface area contributed by atoms with Crippen molar-refractivity contribution >= 4 is 11.6 Å². The van der Waals surface area contributed by atoms with E-state index in [1.54, 1.807) is 24.0 Å². The van der Waals surface area contributed by atoms with Gasteiger partial charge in [0, 0.05) is 30.3 Å². The Morgan fingerprint density at radius 3 is 2.94 bits per heavy atom. The maximum atomic E-state index is 13.7. The van der Waals surface area contributed by atoms with Crippen LogP contribution in [-0.4, -0.2) is 15.0 Å². The molecule has 1 unspecified atom stereocenters. The second-order valence-corrected chi connectivity index (χ2v) is 4.41. The van der Waals surface area contributed by atoms with Gasteiger partial charge in [-0.2, -0.15) is 0 Å². The van der Waals surface area contributed by atoms with E-state index in [0.29, 0.717) is 17.0 Å². The average Bonchev–Trinajstić information content (AvgIpc) is 2.75. The fourth-order valence-electron chi connectivity index (χ4n) is 1.74. The first-order chi connectivity index (χ1) is 8.60. The number of rotatable bonds is 4. The van der Waals surface area contributed by atoms with E-state index in [4.69, 9.17) is 17.4 Å². The van der Waals surface area contributed by atoms with E-state index in [1.807, 2.05) is 0 Å². The topological polar surface area (TPSA) is 68.8 Å². The van der Waals surface area contributed by atoms with Gasteiger partial charge in [0.05, 0.1) is 11.7 Å². The van der Waals surface area contributed by atoms with Crippen LogP contribution in [0.1, 0.15) is 17.3 Å². The lowest BCUT2D eigenvalue weighted by Gasteiger charge is -2.15. The van der Waals surface area contributed by atoms with Gasteiger partial charge in [-0.1, -0.05) is 16.8 Å². The molecule has 18 heavy (non-hydrogen) atoms. The third-order valence-electron chi connectivity index (χ3n) is 2.60. The Bertz CT molecular complexity index is 542. The molecule has 0 saturated heterocycles. The third kappa shape index (κ3) is 2.84. The lowest BCUT2D eigenvalue weighted by molar-refractivity contribution is 0.506. The quantitative estimate of drug-likeness (QED) is 0.649. The summed E-state index contributed by atoms with van der Waals surface area (Å²) in [6, 6.07) is 3.97. The van der Waals surface area contributed by atoms with Crippen LogP contribution in [0.5, 0.6) is 0 Å². The number of nitrogens with two attached hydrogens (primary N) is 1. The monoisotopic (exact) mass is 269 g/mol. The van der Waals surface area contributed by atoms with Crippen molar-refractivity contribution in [2.24, 2.45) is 12.9 Å². The highest BCUT2D eigenvalue weighted by Crippen LogP contribution is 2.23. The third-order valence-corrected chi connectivity index (χ3v) is 2.83. The average molecular weight is 270 g/mol. The number of halogens is 2. The fourth-order valence-corrected chi connectivity index (χ4v) is 1.92. The summed E-state index contributed by atoms with van der Waals surface area (Å²) in [5.41, 5.74) is 3.70. The molecule has 0 aliphatic carbocycles. The highest BCUT2D eigenvalue weighted by molar-refractivity contribution is 6.30. The summed E-state index contributed by atoms with van der Waals surface area (Å²) in [7, 11) is 1.77. The number of nitrogens with zero attached hydrogens (tertiary/aromatic N) is 3. The molecule has 7 heteroatoms. The number of hydrogen-bond donors (Lipinski definition) is 2. The molecule has 0 amide bonds. The lowest BCUT2D eigenvalue weighted by Crippen LogP contribution is -2.30. The summed E-state index contributed by atoms with van der Waals surface area (Å²) in [6.45, 7) is 0. The van der Waals surface area contributed by atoms with Gasteiger partial charge in [-0.15, -0.1) is 5.10 Å². The van der Waals surface area contributed by atoms with Gasteiger partial charge in [0.25, 0.3) is 0 Å². The largest absolute Gasteiger partial charge is 0.271 e. The Morgan fingerprint density at radius 1 is 1.56 bits per heavy atom. The van der Waals surface area contributed by atoms with E-state index in [-0.39, 0.29) is 5.82 Å². The summed E-state index contributed by atoms with van der Waals surface area (Å²) in [5, 5.41) is 8.22. The second kappa shape index (κ2) is 5.43. The van der Waals surface area contributed by atoms with Gasteiger partial charge < -0.3 is 0 Å². The zero-order chi connectivity index (χ0) is 13.1. The van der Waals surface area contributed by atoms with Crippen molar-refractivity contribution < 1.29 is 4.39 Å². The molecule has 1 heterocycles. The van der Waals surface area contributed by atoms with Crippen molar-refractivity contribution in [3.05, 3.63) is 46.5 Å². The molecule has 96 valence electrons. The van der Waals surface area contributed by atoms with Crippen LogP contribution in [0.3, 0.4) is 0 Å². The normalized spacial score (nSPS) is 12.7. The Morgan fingerprint density at radius 2 is 2.33 bits per heavy atom. The highest BCUT2D eigenvalue weighted by atomic mass is 35.5. The Kier molecular flexibility index (Phi) is 3.90. The molecule has 0 saturated carbocycles. The maximum absolute atomic E-state index is 13.7. The van der Waals surface area contributed by atoms with Gasteiger partial charge in [-0.3, -0.25) is 16.0 Å². The summed E-state index contributed by atoms with van der Waals surface area (Å²) in [6.07, 6.45) is 2.19. The van der Waals surface area contributed by atoms with E-state index < -0.39 is 6.04 Å². The molecule has 0 bridgehead atoms. The summed E-state index contributed by atoms with van der Waals surface area (Å²) in [4.78, 5) is 0. The van der Waals surface area contributed by atoms with E-state index in [2.05, 4.69) is 15.7 Å². The SMILES string of the molecule is Cn1cc(CC(NN)c2cc(Cl)ccc2F)nn1. The molecular formula is C11H13ClFN5. The Balaban J connectivity index is 2.25. The molecule has 1 aromatic carbocycles. The molecule has 0 aliphatic heterocycles. The molecule has 0 aliphatic rings. The minimum absolute atomic E-state index is 0.355. The minimum atomic E-state index is -0.402. The Hall–Kier alpha value is -1.50. The van der Waals surface area contributed by atoms with E-state index in [1.165, 1.54) is 12.1 Å².